The summed E-state index contributed by atoms with van der Waals surface area (Å²) in [4.78, 5) is 8.51. The van der Waals surface area contributed by atoms with Crippen LogP contribution in [-0.4, -0.2) is 25.3 Å². The summed E-state index contributed by atoms with van der Waals surface area (Å²) in [5.41, 5.74) is 0.956. The van der Waals surface area contributed by atoms with Crippen LogP contribution in [0.25, 0.3) is 11.5 Å². The van der Waals surface area contributed by atoms with Crippen molar-refractivity contribution in [2.45, 2.75) is 17.8 Å². The molecular formula is C10H9N5OS2. The maximum atomic E-state index is 5.19. The predicted octanol–water partition coefficient (Wildman–Crippen LogP) is 2.52. The lowest BCUT2D eigenvalue weighted by molar-refractivity contribution is 0.425. The van der Waals surface area contributed by atoms with Gasteiger partial charge in [0.15, 0.2) is 5.82 Å². The van der Waals surface area contributed by atoms with E-state index in [0.29, 0.717) is 22.6 Å². The second-order valence-electron chi connectivity index (χ2n) is 3.52. The zero-order valence-corrected chi connectivity index (χ0v) is 11.1. The maximum Gasteiger partial charge on any atom is 0.258 e. The lowest BCUT2D eigenvalue weighted by Crippen LogP contribution is -1.85. The van der Waals surface area contributed by atoms with Crippen molar-refractivity contribution in [2.24, 2.45) is 0 Å². The van der Waals surface area contributed by atoms with Crippen LogP contribution in [0.2, 0.25) is 0 Å². The smallest absolute Gasteiger partial charge is 0.258 e. The summed E-state index contributed by atoms with van der Waals surface area (Å²) in [7, 11) is 0. The van der Waals surface area contributed by atoms with E-state index >= 15 is 0 Å². The van der Waals surface area contributed by atoms with Crippen LogP contribution in [0.4, 0.5) is 0 Å². The minimum atomic E-state index is 0.554. The quantitative estimate of drug-likeness (QED) is 0.739. The number of aromatic amines is 1. The van der Waals surface area contributed by atoms with Gasteiger partial charge in [-0.25, -0.2) is 4.98 Å². The number of nitrogens with one attached hydrogen (secondary N) is 1. The zero-order valence-electron chi connectivity index (χ0n) is 9.45. The number of nitrogens with zero attached hydrogens (tertiary/aromatic N) is 4. The van der Waals surface area contributed by atoms with E-state index in [4.69, 9.17) is 4.52 Å². The van der Waals surface area contributed by atoms with Crippen LogP contribution >= 0.6 is 23.1 Å². The first-order valence-electron chi connectivity index (χ1n) is 5.18. The second kappa shape index (κ2) is 4.91. The number of thiophene rings is 1. The lowest BCUT2D eigenvalue weighted by Gasteiger charge is -1.88. The molecule has 0 aliphatic carbocycles. The van der Waals surface area contributed by atoms with Crippen LogP contribution in [0.5, 0.6) is 0 Å². The molecule has 0 fully saturated rings. The Morgan fingerprint density at radius 3 is 3.11 bits per heavy atom. The van der Waals surface area contributed by atoms with Crippen LogP contribution < -0.4 is 0 Å². The van der Waals surface area contributed by atoms with Crippen LogP contribution in [0.15, 0.2) is 26.5 Å². The SMILES string of the molecule is Cc1nc(SCc2noc(-c3ccsc3)n2)n[nH]1. The van der Waals surface area contributed by atoms with Gasteiger partial charge in [0, 0.05) is 5.38 Å². The summed E-state index contributed by atoms with van der Waals surface area (Å²) in [6, 6.07) is 1.95. The van der Waals surface area contributed by atoms with E-state index in [2.05, 4.69) is 25.3 Å². The fraction of sp³-hybridized carbons (Fsp3) is 0.200. The molecule has 0 unspecified atom stereocenters. The van der Waals surface area contributed by atoms with Gasteiger partial charge in [-0.2, -0.15) is 16.3 Å². The molecule has 0 spiro atoms. The number of thioether (sulfide) groups is 1. The molecule has 8 heteroatoms. The Bertz CT molecular complexity index is 630. The highest BCUT2D eigenvalue weighted by atomic mass is 32.2. The first kappa shape index (κ1) is 11.4. The largest absolute Gasteiger partial charge is 0.334 e. The van der Waals surface area contributed by atoms with Crippen molar-refractivity contribution >= 4 is 23.1 Å². The highest BCUT2D eigenvalue weighted by Crippen LogP contribution is 2.22. The second-order valence-corrected chi connectivity index (χ2v) is 5.24. The molecule has 6 nitrogen and oxygen atoms in total. The van der Waals surface area contributed by atoms with Crippen molar-refractivity contribution in [3.8, 4) is 11.5 Å². The molecule has 0 saturated heterocycles. The van der Waals surface area contributed by atoms with Gasteiger partial charge < -0.3 is 4.52 Å². The van der Waals surface area contributed by atoms with Crippen molar-refractivity contribution in [3.63, 3.8) is 0 Å². The molecule has 0 atom stereocenters. The van der Waals surface area contributed by atoms with E-state index in [-0.39, 0.29) is 0 Å². The van der Waals surface area contributed by atoms with Crippen LogP contribution in [0.3, 0.4) is 0 Å². The van der Waals surface area contributed by atoms with E-state index < -0.39 is 0 Å². The van der Waals surface area contributed by atoms with Gasteiger partial charge in [-0.1, -0.05) is 16.9 Å². The molecule has 3 aromatic rings. The minimum absolute atomic E-state index is 0.554. The molecule has 3 rings (SSSR count). The Morgan fingerprint density at radius 2 is 2.39 bits per heavy atom. The summed E-state index contributed by atoms with van der Waals surface area (Å²) in [6.07, 6.45) is 0. The standard InChI is InChI=1S/C10H9N5OS2/c1-6-11-10(14-13-6)18-5-8-12-9(16-15-8)7-2-3-17-4-7/h2-4H,5H2,1H3,(H,11,13,14). The Labute approximate surface area is 111 Å². The number of aromatic nitrogens is 5. The molecule has 0 aliphatic heterocycles. The third-order valence-corrected chi connectivity index (χ3v) is 3.67. The van der Waals surface area contributed by atoms with E-state index in [1.54, 1.807) is 11.3 Å². The van der Waals surface area contributed by atoms with Gasteiger partial charge in [0.25, 0.3) is 5.89 Å². The first-order valence-corrected chi connectivity index (χ1v) is 7.11. The average molecular weight is 279 g/mol. The van der Waals surface area contributed by atoms with Gasteiger partial charge in [0.05, 0.1) is 11.3 Å². The molecule has 0 aromatic carbocycles. The Balaban J connectivity index is 1.67. The zero-order chi connectivity index (χ0) is 12.4. The highest BCUT2D eigenvalue weighted by molar-refractivity contribution is 7.98. The third-order valence-electron chi connectivity index (χ3n) is 2.14. The summed E-state index contributed by atoms with van der Waals surface area (Å²) in [6.45, 7) is 1.86. The number of hydrogen-bond acceptors (Lipinski definition) is 7. The van der Waals surface area contributed by atoms with Gasteiger partial charge in [-0.3, -0.25) is 5.10 Å². The molecule has 0 bridgehead atoms. The molecular weight excluding hydrogens is 270 g/mol. The minimum Gasteiger partial charge on any atom is -0.334 e. The van der Waals surface area contributed by atoms with E-state index in [1.165, 1.54) is 11.8 Å². The Hall–Kier alpha value is -1.67. The van der Waals surface area contributed by atoms with E-state index in [0.717, 1.165) is 11.4 Å². The molecule has 0 radical (unpaired) electrons. The fourth-order valence-electron chi connectivity index (χ4n) is 1.33. The molecule has 3 aromatic heterocycles. The fourth-order valence-corrected chi connectivity index (χ4v) is 2.65. The van der Waals surface area contributed by atoms with Crippen molar-refractivity contribution < 1.29 is 4.52 Å². The third kappa shape index (κ3) is 2.44. The van der Waals surface area contributed by atoms with Crippen LogP contribution in [0.1, 0.15) is 11.6 Å². The van der Waals surface area contributed by atoms with Crippen molar-refractivity contribution in [1.82, 2.24) is 25.3 Å². The highest BCUT2D eigenvalue weighted by Gasteiger charge is 2.10. The molecule has 0 amide bonds. The van der Waals surface area contributed by atoms with Crippen molar-refractivity contribution in [2.75, 3.05) is 0 Å². The molecule has 92 valence electrons. The molecule has 3 heterocycles. The first-order chi connectivity index (χ1) is 8.81. The van der Waals surface area contributed by atoms with E-state index in [1.807, 2.05) is 23.8 Å². The van der Waals surface area contributed by atoms with Gasteiger partial charge in [-0.05, 0) is 18.4 Å². The van der Waals surface area contributed by atoms with Crippen molar-refractivity contribution in [1.29, 1.82) is 0 Å². The summed E-state index contributed by atoms with van der Waals surface area (Å²) in [5.74, 6) is 2.58. The Kier molecular flexibility index (Phi) is 3.11. The van der Waals surface area contributed by atoms with Crippen LogP contribution in [0, 0.1) is 6.92 Å². The van der Waals surface area contributed by atoms with Gasteiger partial charge in [0.1, 0.15) is 5.82 Å². The van der Waals surface area contributed by atoms with E-state index in [9.17, 15) is 0 Å². The Morgan fingerprint density at radius 1 is 1.44 bits per heavy atom. The normalized spacial score (nSPS) is 10.9. The number of hydrogen-bond donors (Lipinski definition) is 1. The maximum absolute atomic E-state index is 5.19. The predicted molar refractivity (Wildman–Crippen MR) is 68.3 cm³/mol. The van der Waals surface area contributed by atoms with Gasteiger partial charge in [-0.15, -0.1) is 5.10 Å². The molecule has 0 aliphatic rings. The average Bonchev–Trinajstić information content (AvgIpc) is 3.07. The monoisotopic (exact) mass is 279 g/mol. The summed E-state index contributed by atoms with van der Waals surface area (Å²) < 4.78 is 5.19. The summed E-state index contributed by atoms with van der Waals surface area (Å²) in [5, 5.41) is 15.4. The van der Waals surface area contributed by atoms with Gasteiger partial charge in [0.2, 0.25) is 5.16 Å². The number of rotatable bonds is 4. The lowest BCUT2D eigenvalue weighted by atomic mass is 10.3. The van der Waals surface area contributed by atoms with Crippen LogP contribution in [-0.2, 0) is 5.75 Å². The molecule has 18 heavy (non-hydrogen) atoms. The molecule has 0 saturated carbocycles. The topological polar surface area (TPSA) is 80.5 Å². The van der Waals surface area contributed by atoms with Crippen molar-refractivity contribution in [3.05, 3.63) is 28.5 Å². The van der Waals surface area contributed by atoms with Gasteiger partial charge >= 0.3 is 0 Å². The summed E-state index contributed by atoms with van der Waals surface area (Å²) >= 11 is 3.07. The number of aryl methyl sites for hydroxylation is 1. The number of H-pyrrole nitrogens is 1. The molecule has 1 N–H and O–H groups in total.